The van der Waals surface area contributed by atoms with Crippen LogP contribution in [-0.4, -0.2) is 68.3 Å². The second-order valence-corrected chi connectivity index (χ2v) is 6.41. The van der Waals surface area contributed by atoms with E-state index < -0.39 is 17.9 Å². The van der Waals surface area contributed by atoms with Gasteiger partial charge in [0.2, 0.25) is 11.8 Å². The molecular weight excluding hydrogens is 398 g/mol. The first kappa shape index (κ1) is 22.2. The molecule has 2 N–H and O–H groups in total. The smallest absolute Gasteiger partial charge is 0.308 e. The van der Waals surface area contributed by atoms with Crippen LogP contribution in [0.5, 0.6) is 11.5 Å². The molecule has 9 nitrogen and oxygen atoms in total. The quantitative estimate of drug-likeness (QED) is 0.388. The van der Waals surface area contributed by atoms with Crippen molar-refractivity contribution in [3.05, 3.63) is 29.8 Å². The Labute approximate surface area is 174 Å². The van der Waals surface area contributed by atoms with E-state index in [1.165, 1.54) is 32.3 Å². The van der Waals surface area contributed by atoms with Crippen molar-refractivity contribution in [3.63, 3.8) is 0 Å². The van der Waals surface area contributed by atoms with Crippen LogP contribution < -0.4 is 20.1 Å². The molecule has 1 heterocycles. The predicted molar refractivity (Wildman–Crippen MR) is 109 cm³/mol. The molecule has 156 valence electrons. The number of amides is 2. The molecule has 1 aliphatic rings. The first-order valence-electron chi connectivity index (χ1n) is 8.75. The standard InChI is InChI=1S/C19H23N3O6S/c1-26-14-6-4-12(10-15(14)27-2)5-7-16(23)21-19(29)22-9-8-20-18(25)13(22)11-17(24)28-3/h4-7,10,13H,8-9,11H2,1-3H3,(H,20,25)(H,21,23,29). The van der Waals surface area contributed by atoms with Gasteiger partial charge in [-0.25, -0.2) is 0 Å². The number of carbonyl (C=O) groups excluding carboxylic acids is 3. The number of thiocarbonyl (C=S) groups is 1. The summed E-state index contributed by atoms with van der Waals surface area (Å²) in [4.78, 5) is 37.4. The van der Waals surface area contributed by atoms with Crippen molar-refractivity contribution >= 4 is 41.2 Å². The lowest BCUT2D eigenvalue weighted by Crippen LogP contribution is -2.60. The number of nitrogens with one attached hydrogen (secondary N) is 2. The van der Waals surface area contributed by atoms with Crippen LogP contribution in [0.15, 0.2) is 24.3 Å². The Balaban J connectivity index is 2.03. The highest BCUT2D eigenvalue weighted by Gasteiger charge is 2.33. The summed E-state index contributed by atoms with van der Waals surface area (Å²) in [7, 11) is 4.30. The summed E-state index contributed by atoms with van der Waals surface area (Å²) in [6.07, 6.45) is 2.74. The zero-order valence-electron chi connectivity index (χ0n) is 16.4. The van der Waals surface area contributed by atoms with Crippen LogP contribution in [0.2, 0.25) is 0 Å². The number of rotatable bonds is 6. The van der Waals surface area contributed by atoms with E-state index in [-0.39, 0.29) is 17.4 Å². The molecule has 0 aromatic heterocycles. The van der Waals surface area contributed by atoms with Gasteiger partial charge in [-0.3, -0.25) is 19.7 Å². The molecule has 0 spiro atoms. The molecule has 1 fully saturated rings. The van der Waals surface area contributed by atoms with E-state index >= 15 is 0 Å². The largest absolute Gasteiger partial charge is 0.493 e. The number of carbonyl (C=O) groups is 3. The van der Waals surface area contributed by atoms with Crippen molar-refractivity contribution in [1.82, 2.24) is 15.5 Å². The Morgan fingerprint density at radius 2 is 2.00 bits per heavy atom. The molecule has 0 bridgehead atoms. The summed E-state index contributed by atoms with van der Waals surface area (Å²) < 4.78 is 15.0. The van der Waals surface area contributed by atoms with Crippen LogP contribution in [0.1, 0.15) is 12.0 Å². The summed E-state index contributed by atoms with van der Waals surface area (Å²) >= 11 is 5.26. The Bertz CT molecular complexity index is 826. The minimum atomic E-state index is -0.834. The molecule has 1 aromatic carbocycles. The van der Waals surface area contributed by atoms with E-state index in [0.29, 0.717) is 24.6 Å². The molecule has 1 unspecified atom stereocenters. The number of hydrogen-bond acceptors (Lipinski definition) is 7. The molecule has 10 heteroatoms. The van der Waals surface area contributed by atoms with E-state index in [9.17, 15) is 14.4 Å². The van der Waals surface area contributed by atoms with Crippen molar-refractivity contribution in [1.29, 1.82) is 0 Å². The topological polar surface area (TPSA) is 106 Å². The first-order valence-corrected chi connectivity index (χ1v) is 9.16. The summed E-state index contributed by atoms with van der Waals surface area (Å²) in [5.74, 6) is -0.239. The molecule has 1 aromatic rings. The number of nitrogens with zero attached hydrogens (tertiary/aromatic N) is 1. The molecular formula is C19H23N3O6S. The van der Waals surface area contributed by atoms with Crippen molar-refractivity contribution in [2.75, 3.05) is 34.4 Å². The molecule has 1 saturated heterocycles. The number of ether oxygens (including phenoxy) is 3. The van der Waals surface area contributed by atoms with E-state index in [1.807, 2.05) is 0 Å². The highest BCUT2D eigenvalue weighted by Crippen LogP contribution is 2.27. The fourth-order valence-electron chi connectivity index (χ4n) is 2.75. The second kappa shape index (κ2) is 10.4. The van der Waals surface area contributed by atoms with Gasteiger partial charge in [-0.15, -0.1) is 0 Å². The molecule has 2 amide bonds. The lowest BCUT2D eigenvalue weighted by molar-refractivity contribution is -0.144. The lowest BCUT2D eigenvalue weighted by Gasteiger charge is -2.35. The third-order valence-electron chi connectivity index (χ3n) is 4.24. The molecule has 2 rings (SSSR count). The second-order valence-electron chi connectivity index (χ2n) is 6.02. The number of hydrogen-bond donors (Lipinski definition) is 2. The average molecular weight is 421 g/mol. The van der Waals surface area contributed by atoms with E-state index in [2.05, 4.69) is 15.4 Å². The highest BCUT2D eigenvalue weighted by atomic mass is 32.1. The van der Waals surface area contributed by atoms with Crippen LogP contribution in [0.3, 0.4) is 0 Å². The maximum absolute atomic E-state index is 12.3. The summed E-state index contributed by atoms with van der Waals surface area (Å²) in [6.45, 7) is 0.722. The molecule has 0 saturated carbocycles. The summed E-state index contributed by atoms with van der Waals surface area (Å²) in [6, 6.07) is 4.39. The number of esters is 1. The van der Waals surface area contributed by atoms with E-state index in [4.69, 9.17) is 21.7 Å². The monoisotopic (exact) mass is 421 g/mol. The van der Waals surface area contributed by atoms with Crippen molar-refractivity contribution in [2.24, 2.45) is 0 Å². The van der Waals surface area contributed by atoms with Gasteiger partial charge in [0.1, 0.15) is 6.04 Å². The van der Waals surface area contributed by atoms with E-state index in [1.54, 1.807) is 24.3 Å². The van der Waals surface area contributed by atoms with Crippen molar-refractivity contribution in [2.45, 2.75) is 12.5 Å². The van der Waals surface area contributed by atoms with Gasteiger partial charge in [0.15, 0.2) is 16.6 Å². The zero-order chi connectivity index (χ0) is 21.4. The Kier molecular flexibility index (Phi) is 7.96. The molecule has 1 atom stereocenters. The Morgan fingerprint density at radius 1 is 1.28 bits per heavy atom. The summed E-state index contributed by atoms with van der Waals surface area (Å²) in [5.41, 5.74) is 0.727. The van der Waals surface area contributed by atoms with Crippen molar-refractivity contribution in [3.8, 4) is 11.5 Å². The minimum absolute atomic E-state index is 0.0655. The molecule has 29 heavy (non-hydrogen) atoms. The number of benzene rings is 1. The van der Waals surface area contributed by atoms with Crippen LogP contribution in [-0.2, 0) is 19.1 Å². The van der Waals surface area contributed by atoms with Crippen LogP contribution >= 0.6 is 12.2 Å². The first-order chi connectivity index (χ1) is 13.9. The number of methoxy groups -OCH3 is 3. The van der Waals surface area contributed by atoms with Gasteiger partial charge in [-0.2, -0.15) is 0 Å². The zero-order valence-corrected chi connectivity index (χ0v) is 17.2. The summed E-state index contributed by atoms with van der Waals surface area (Å²) in [5, 5.41) is 5.29. The fraction of sp³-hybridized carbons (Fsp3) is 0.368. The normalized spacial score (nSPS) is 16.2. The van der Waals surface area contributed by atoms with Gasteiger partial charge < -0.3 is 24.4 Å². The molecule has 0 radical (unpaired) electrons. The van der Waals surface area contributed by atoms with Gasteiger partial charge >= 0.3 is 5.97 Å². The molecule has 0 aliphatic carbocycles. The van der Waals surface area contributed by atoms with Crippen LogP contribution in [0, 0.1) is 0 Å². The van der Waals surface area contributed by atoms with Crippen LogP contribution in [0.25, 0.3) is 6.08 Å². The van der Waals surface area contributed by atoms with Gasteiger partial charge in [-0.05, 0) is 36.0 Å². The average Bonchev–Trinajstić information content (AvgIpc) is 2.73. The van der Waals surface area contributed by atoms with Gasteiger partial charge in [0.25, 0.3) is 0 Å². The fourth-order valence-corrected chi connectivity index (χ4v) is 3.07. The Morgan fingerprint density at radius 3 is 2.66 bits per heavy atom. The third-order valence-corrected chi connectivity index (χ3v) is 4.58. The van der Waals surface area contributed by atoms with Crippen molar-refractivity contribution < 1.29 is 28.6 Å². The van der Waals surface area contributed by atoms with Gasteiger partial charge in [0.05, 0.1) is 27.8 Å². The van der Waals surface area contributed by atoms with Gasteiger partial charge in [-0.1, -0.05) is 6.07 Å². The van der Waals surface area contributed by atoms with E-state index in [0.717, 1.165) is 5.56 Å². The SMILES string of the molecule is COC(=O)CC1C(=O)NCCN1C(=S)NC(=O)C=Cc1ccc(OC)c(OC)c1. The predicted octanol–water partition coefficient (Wildman–Crippen LogP) is 0.482. The number of piperazine rings is 1. The maximum atomic E-state index is 12.3. The lowest BCUT2D eigenvalue weighted by atomic mass is 10.1. The Hall–Kier alpha value is -3.14. The molecule has 1 aliphatic heterocycles. The van der Waals surface area contributed by atoms with Gasteiger partial charge in [0, 0.05) is 19.2 Å². The highest BCUT2D eigenvalue weighted by molar-refractivity contribution is 7.80. The maximum Gasteiger partial charge on any atom is 0.308 e. The van der Waals surface area contributed by atoms with Crippen LogP contribution in [0.4, 0.5) is 0 Å². The third kappa shape index (κ3) is 5.92. The minimum Gasteiger partial charge on any atom is -0.493 e.